The first-order chi connectivity index (χ1) is 9.86. The third-order valence-corrected chi connectivity index (χ3v) is 3.90. The number of carbonyl (C=O) groups excluding carboxylic acids is 1. The van der Waals surface area contributed by atoms with Crippen LogP contribution in [0.4, 0.5) is 0 Å². The molecule has 1 rings (SSSR count). The van der Waals surface area contributed by atoms with Gasteiger partial charge in [0.2, 0.25) is 0 Å². The number of methoxy groups -OCH3 is 1. The van der Waals surface area contributed by atoms with E-state index in [-0.39, 0.29) is 12.0 Å². The number of aliphatic hydroxyl groups is 1. The molecule has 1 aromatic rings. The molecule has 0 bridgehead atoms. The second-order valence-corrected chi connectivity index (χ2v) is 5.81. The van der Waals surface area contributed by atoms with E-state index in [2.05, 4.69) is 0 Å². The van der Waals surface area contributed by atoms with Gasteiger partial charge in [0.1, 0.15) is 0 Å². The quantitative estimate of drug-likeness (QED) is 0.786. The maximum atomic E-state index is 12.0. The number of ether oxygens (including phenoxy) is 2. The van der Waals surface area contributed by atoms with Crippen LogP contribution >= 0.6 is 0 Å². The maximum Gasteiger partial charge on any atom is 0.314 e. The van der Waals surface area contributed by atoms with Crippen molar-refractivity contribution in [3.8, 4) is 0 Å². The first-order valence-electron chi connectivity index (χ1n) is 7.29. The van der Waals surface area contributed by atoms with Crippen LogP contribution in [-0.2, 0) is 14.3 Å². The van der Waals surface area contributed by atoms with E-state index in [0.29, 0.717) is 6.61 Å². The summed E-state index contributed by atoms with van der Waals surface area (Å²) in [5.74, 6) is -0.649. The van der Waals surface area contributed by atoms with Gasteiger partial charge in [0.15, 0.2) is 0 Å². The molecule has 0 heterocycles. The highest BCUT2D eigenvalue weighted by Gasteiger charge is 2.42. The molecular formula is C17H26O4. The van der Waals surface area contributed by atoms with Crippen molar-refractivity contribution in [2.24, 2.45) is 11.3 Å². The van der Waals surface area contributed by atoms with Crippen molar-refractivity contribution < 1.29 is 19.4 Å². The molecule has 0 aliphatic heterocycles. The summed E-state index contributed by atoms with van der Waals surface area (Å²) < 4.78 is 10.6. The molecule has 4 nitrogen and oxygen atoms in total. The zero-order valence-corrected chi connectivity index (χ0v) is 13.5. The molecule has 0 aliphatic carbocycles. The van der Waals surface area contributed by atoms with Crippen molar-refractivity contribution in [2.75, 3.05) is 13.7 Å². The smallest absolute Gasteiger partial charge is 0.314 e. The van der Waals surface area contributed by atoms with Crippen LogP contribution in [-0.4, -0.2) is 30.9 Å². The maximum absolute atomic E-state index is 12.0. The van der Waals surface area contributed by atoms with Crippen molar-refractivity contribution in [3.63, 3.8) is 0 Å². The highest BCUT2D eigenvalue weighted by molar-refractivity contribution is 5.76. The molecule has 0 fully saturated rings. The minimum absolute atomic E-state index is 0.253. The van der Waals surface area contributed by atoms with Crippen molar-refractivity contribution in [3.05, 3.63) is 35.9 Å². The van der Waals surface area contributed by atoms with Gasteiger partial charge >= 0.3 is 5.97 Å². The third-order valence-electron chi connectivity index (χ3n) is 3.90. The van der Waals surface area contributed by atoms with E-state index in [1.807, 2.05) is 37.3 Å². The summed E-state index contributed by atoms with van der Waals surface area (Å²) in [7, 11) is 1.61. The van der Waals surface area contributed by atoms with E-state index in [9.17, 15) is 9.90 Å². The molecule has 0 aliphatic rings. The van der Waals surface area contributed by atoms with Gasteiger partial charge in [-0.15, -0.1) is 0 Å². The lowest BCUT2D eigenvalue weighted by Crippen LogP contribution is -2.44. The Bertz CT molecular complexity index is 441. The number of aliphatic hydroxyl groups excluding tert-OH is 1. The van der Waals surface area contributed by atoms with Gasteiger partial charge in [0.05, 0.1) is 24.2 Å². The molecule has 1 aromatic carbocycles. The number of hydrogen-bond acceptors (Lipinski definition) is 4. The lowest BCUT2D eigenvalue weighted by atomic mass is 9.77. The van der Waals surface area contributed by atoms with Gasteiger partial charge in [-0.05, 0) is 26.3 Å². The first-order valence-corrected chi connectivity index (χ1v) is 7.29. The third kappa shape index (κ3) is 4.05. The van der Waals surface area contributed by atoms with E-state index >= 15 is 0 Å². The van der Waals surface area contributed by atoms with Crippen LogP contribution in [0.3, 0.4) is 0 Å². The predicted octanol–water partition coefficient (Wildman–Crippen LogP) is 2.96. The molecule has 0 unspecified atom stereocenters. The number of esters is 1. The lowest BCUT2D eigenvalue weighted by Gasteiger charge is -2.35. The molecule has 3 atom stereocenters. The summed E-state index contributed by atoms with van der Waals surface area (Å²) in [6, 6.07) is 9.69. The molecule has 0 amide bonds. The van der Waals surface area contributed by atoms with Gasteiger partial charge in [-0.2, -0.15) is 0 Å². The first kappa shape index (κ1) is 17.7. The number of hydrogen-bond donors (Lipinski definition) is 1. The average molecular weight is 294 g/mol. The monoisotopic (exact) mass is 294 g/mol. The van der Waals surface area contributed by atoms with Crippen molar-refractivity contribution >= 4 is 5.97 Å². The van der Waals surface area contributed by atoms with E-state index in [1.165, 1.54) is 0 Å². The van der Waals surface area contributed by atoms with Crippen molar-refractivity contribution in [1.29, 1.82) is 0 Å². The lowest BCUT2D eigenvalue weighted by molar-refractivity contribution is -0.164. The Morgan fingerprint density at radius 3 is 2.33 bits per heavy atom. The number of benzene rings is 1. The fourth-order valence-corrected chi connectivity index (χ4v) is 2.56. The fourth-order valence-electron chi connectivity index (χ4n) is 2.56. The van der Waals surface area contributed by atoms with Gasteiger partial charge < -0.3 is 14.6 Å². The van der Waals surface area contributed by atoms with Gasteiger partial charge in [0.25, 0.3) is 0 Å². The second-order valence-electron chi connectivity index (χ2n) is 5.81. The summed E-state index contributed by atoms with van der Waals surface area (Å²) in [4.78, 5) is 12.0. The predicted molar refractivity (Wildman–Crippen MR) is 81.8 cm³/mol. The zero-order valence-electron chi connectivity index (χ0n) is 13.5. The largest absolute Gasteiger partial charge is 0.466 e. The summed E-state index contributed by atoms with van der Waals surface area (Å²) >= 11 is 0. The van der Waals surface area contributed by atoms with Gasteiger partial charge in [0, 0.05) is 13.0 Å². The normalized spacial score (nSPS) is 16.1. The average Bonchev–Trinajstić information content (AvgIpc) is 2.48. The van der Waals surface area contributed by atoms with Crippen LogP contribution in [0.5, 0.6) is 0 Å². The molecule has 0 aromatic heterocycles. The minimum Gasteiger partial charge on any atom is -0.466 e. The van der Waals surface area contributed by atoms with Crippen LogP contribution < -0.4 is 0 Å². The molecule has 21 heavy (non-hydrogen) atoms. The summed E-state index contributed by atoms with van der Waals surface area (Å²) in [6.07, 6.45) is -1.16. The Balaban J connectivity index is 2.94. The SMILES string of the molecule is CCOC(=O)C(C)(C)[C@@H](O)[C@H](C)[C@H](OC)c1ccccc1. The Kier molecular flexibility index (Phi) is 6.37. The standard InChI is InChI=1S/C17H26O4/c1-6-21-16(19)17(3,4)15(18)12(2)14(20-5)13-10-8-7-9-11-13/h7-12,14-15,18H,6H2,1-5H3/t12-,14+,15+/m1/s1. The van der Waals surface area contributed by atoms with E-state index in [4.69, 9.17) is 9.47 Å². The molecule has 1 N–H and O–H groups in total. The summed E-state index contributed by atoms with van der Waals surface area (Å²) in [5.41, 5.74) is -0.00716. The second kappa shape index (κ2) is 7.57. The highest BCUT2D eigenvalue weighted by Crippen LogP contribution is 2.36. The molecule has 4 heteroatoms. The molecule has 0 saturated carbocycles. The zero-order chi connectivity index (χ0) is 16.0. The van der Waals surface area contributed by atoms with E-state index in [1.54, 1.807) is 27.9 Å². The molecule has 0 radical (unpaired) electrons. The molecular weight excluding hydrogens is 268 g/mol. The number of rotatable bonds is 7. The fraction of sp³-hybridized carbons (Fsp3) is 0.588. The summed E-state index contributed by atoms with van der Waals surface area (Å²) in [5, 5.41) is 10.6. The van der Waals surface area contributed by atoms with Gasteiger partial charge in [-0.1, -0.05) is 37.3 Å². The Labute approximate surface area is 127 Å². The van der Waals surface area contributed by atoms with Crippen LogP contribution in [0.25, 0.3) is 0 Å². The molecule has 0 saturated heterocycles. The van der Waals surface area contributed by atoms with Crippen LogP contribution in [0.15, 0.2) is 30.3 Å². The van der Waals surface area contributed by atoms with E-state index in [0.717, 1.165) is 5.56 Å². The van der Waals surface area contributed by atoms with Crippen molar-refractivity contribution in [2.45, 2.75) is 39.9 Å². The Hall–Kier alpha value is -1.39. The van der Waals surface area contributed by atoms with E-state index < -0.39 is 17.5 Å². The highest BCUT2D eigenvalue weighted by atomic mass is 16.5. The minimum atomic E-state index is -0.985. The van der Waals surface area contributed by atoms with Crippen molar-refractivity contribution in [1.82, 2.24) is 0 Å². The van der Waals surface area contributed by atoms with Crippen LogP contribution in [0.1, 0.15) is 39.4 Å². The number of carbonyl (C=O) groups is 1. The Morgan fingerprint density at radius 2 is 1.86 bits per heavy atom. The van der Waals surface area contributed by atoms with Gasteiger partial charge in [-0.3, -0.25) is 4.79 Å². The summed E-state index contributed by atoms with van der Waals surface area (Å²) in [6.45, 7) is 7.34. The van der Waals surface area contributed by atoms with Gasteiger partial charge in [-0.25, -0.2) is 0 Å². The van der Waals surface area contributed by atoms with Crippen LogP contribution in [0.2, 0.25) is 0 Å². The molecule has 118 valence electrons. The topological polar surface area (TPSA) is 55.8 Å². The Morgan fingerprint density at radius 1 is 1.29 bits per heavy atom. The van der Waals surface area contributed by atoms with Crippen LogP contribution in [0, 0.1) is 11.3 Å². The molecule has 0 spiro atoms.